The quantitative estimate of drug-likeness (QED) is 0.0210. The molecule has 0 atom stereocenters. The number of carbonyl (C=O) groups is 4. The summed E-state index contributed by atoms with van der Waals surface area (Å²) in [6.07, 6.45) is 9.22. The van der Waals surface area contributed by atoms with Crippen LogP contribution in [0.3, 0.4) is 0 Å². The van der Waals surface area contributed by atoms with Crippen molar-refractivity contribution in [1.82, 2.24) is 0 Å². The fourth-order valence-corrected chi connectivity index (χ4v) is 5.32. The first-order valence-corrected chi connectivity index (χ1v) is 105. The zero-order chi connectivity index (χ0) is 60.8. The zero-order valence-electron chi connectivity index (χ0n) is 47.1. The van der Waals surface area contributed by atoms with Crippen molar-refractivity contribution in [3.05, 3.63) is 159 Å². The maximum atomic E-state index is 13.8. The number of nitrogen functional groups attached to an aromatic ring is 1. The zero-order valence-corrected chi connectivity index (χ0v) is 78.3. The molecule has 0 heterocycles. The number of methoxy groups -OCH3 is 4. The number of amides is 1. The molecule has 0 unspecified atom stereocenters. The van der Waals surface area contributed by atoms with E-state index in [1.165, 1.54) is 386 Å². The van der Waals surface area contributed by atoms with Gasteiger partial charge in [-0.25, -0.2) is 26.7 Å². The molecule has 1 amide bonds. The Morgan fingerprint density at radius 1 is 0.603 bits per heavy atom. The van der Waals surface area contributed by atoms with Crippen LogP contribution in [0.25, 0.3) is 0 Å². The van der Waals surface area contributed by atoms with Gasteiger partial charge in [0.25, 0.3) is 5.69 Å². The number of nitrogens with zero attached hydrogens (tertiary/aromatic N) is 2. The van der Waals surface area contributed by atoms with E-state index < -0.39 is 52.2 Å². The third-order valence-corrected chi connectivity index (χ3v) is 8.74. The van der Waals surface area contributed by atoms with E-state index in [0.717, 1.165) is 30.9 Å². The summed E-state index contributed by atoms with van der Waals surface area (Å²) in [5.74, 6) is 0.875. The molecule has 0 saturated carbocycles. The van der Waals surface area contributed by atoms with Crippen LogP contribution in [-0.4, -0.2) is 386 Å². The minimum absolute atomic E-state index is 0.0134. The molecule has 0 bridgehead atoms. The molecule has 0 fully saturated rings. The molecule has 0 aliphatic carbocycles. The van der Waals surface area contributed by atoms with Crippen molar-refractivity contribution in [2.75, 3.05) is 62.8 Å². The molecule has 5 rings (SSSR count). The molecule has 0 radical (unpaired) electrons. The second-order valence-corrected chi connectivity index (χ2v) is 13.5. The molecule has 0 saturated heterocycles. The van der Waals surface area contributed by atoms with Crippen molar-refractivity contribution in [2.45, 2.75) is 25.8 Å². The fourth-order valence-electron chi connectivity index (χ4n) is 5.32. The second-order valence-electron chi connectivity index (χ2n) is 13.5. The SMILES string of the molecule is C#CCN(Cc1ccc(F)cc1)c1ccc(F)c(NC(=O)OC)c1.C#CCNc1ccc(F)c(CC(=O)OC)c1.COC(=O)Cc1cc(N)ccc1F.COC(=O)Cc1cc([N+](=O)[O-])ccc1F.[K][K].[K][K].[K][K].[K][K].[K][K]. The van der Waals surface area contributed by atoms with Crippen molar-refractivity contribution < 1.29 is 65.0 Å². The summed E-state index contributed by atoms with van der Waals surface area (Å²) >= 11 is 12.5. The molecule has 0 aromatic heterocycles. The van der Waals surface area contributed by atoms with E-state index in [-0.39, 0.29) is 59.7 Å². The minimum atomic E-state index is -0.770. The number of benzene rings is 5. The van der Waals surface area contributed by atoms with Crippen LogP contribution in [0.2, 0.25) is 0 Å². The molecule has 4 N–H and O–H groups in total. The van der Waals surface area contributed by atoms with Gasteiger partial charge in [0.15, 0.2) is 0 Å². The number of anilines is 4. The molecule has 0 aliphatic rings. The topological polar surface area (TPSA) is 202 Å². The van der Waals surface area contributed by atoms with Gasteiger partial charge in [0.05, 0.1) is 71.4 Å². The van der Waals surface area contributed by atoms with Gasteiger partial charge in [-0.2, -0.15) is 0 Å². The number of halogens is 5. The predicted molar refractivity (Wildman–Crippen MR) is 301 cm³/mol. The van der Waals surface area contributed by atoms with E-state index in [0.29, 0.717) is 30.2 Å². The summed E-state index contributed by atoms with van der Waals surface area (Å²) in [6.45, 7) is 1.03. The summed E-state index contributed by atoms with van der Waals surface area (Å²) < 4.78 is 83.9. The van der Waals surface area contributed by atoms with Crippen molar-refractivity contribution in [1.29, 1.82) is 0 Å². The normalized spacial score (nSPS) is 8.96. The number of carbonyl (C=O) groups excluding carboxylic acids is 4. The van der Waals surface area contributed by atoms with Gasteiger partial charge in [-0.1, -0.05) is 24.0 Å². The molecule has 30 heteroatoms. The van der Waals surface area contributed by atoms with Crippen LogP contribution >= 0.6 is 0 Å². The number of nitro groups is 1. The number of hydrogen-bond donors (Lipinski definition) is 3. The van der Waals surface area contributed by atoms with Gasteiger partial charge in [-0.3, -0.25) is 29.8 Å². The third kappa shape index (κ3) is 45.1. The number of rotatable bonds is 14. The first-order valence-electron chi connectivity index (χ1n) is 24.6. The number of esters is 3. The molecule has 0 spiro atoms. The Labute approximate surface area is 679 Å². The Balaban J connectivity index is -0.000000453. The average molecular weight is 1340 g/mol. The van der Waals surface area contributed by atoms with E-state index in [1.807, 2.05) is 0 Å². The molecular formula is C48H46F5K10N5O10. The van der Waals surface area contributed by atoms with Crippen molar-refractivity contribution >= 4 is 368 Å². The van der Waals surface area contributed by atoms with Gasteiger partial charge < -0.3 is 34.9 Å². The first-order chi connectivity index (χ1) is 37.4. The maximum absolute atomic E-state index is 13.8. The molecular weight excluding hydrogens is 1290 g/mol. The molecule has 368 valence electrons. The molecule has 78 heavy (non-hydrogen) atoms. The Hall–Kier alpha value is 7.71. The summed E-state index contributed by atoms with van der Waals surface area (Å²) in [5, 5.41) is 15.6. The number of terminal acetylenes is 2. The van der Waals surface area contributed by atoms with Crippen LogP contribution in [0.1, 0.15) is 22.3 Å². The van der Waals surface area contributed by atoms with Crippen LogP contribution in [-0.2, 0) is 59.1 Å². The van der Waals surface area contributed by atoms with Gasteiger partial charge in [0, 0.05) is 52.4 Å². The van der Waals surface area contributed by atoms with E-state index >= 15 is 0 Å². The second kappa shape index (κ2) is 62.2. The monoisotopic (exact) mass is 1340 g/mol. The van der Waals surface area contributed by atoms with E-state index in [2.05, 4.69) is 41.4 Å². The Morgan fingerprint density at radius 2 is 1.05 bits per heavy atom. The molecule has 5 aromatic carbocycles. The average Bonchev–Trinajstić information content (AvgIpc) is 3.46. The summed E-state index contributed by atoms with van der Waals surface area (Å²) in [5.41, 5.74) is 8.23. The van der Waals surface area contributed by atoms with Crippen molar-refractivity contribution in [3.8, 4) is 24.7 Å². The predicted octanol–water partition coefficient (Wildman–Crippen LogP) is 4.13. The Morgan fingerprint density at radius 3 is 1.50 bits per heavy atom. The molecule has 0 aliphatic heterocycles. The Kier molecular flexibility index (Phi) is 73.4. The number of nitrogens with two attached hydrogens (primary N) is 1. The van der Waals surface area contributed by atoms with Gasteiger partial charge >= 0.3 is 340 Å². The summed E-state index contributed by atoms with van der Waals surface area (Å²) in [4.78, 5) is 55.5. The molecule has 15 nitrogen and oxygen atoms in total. The van der Waals surface area contributed by atoms with Crippen molar-refractivity contribution in [2.24, 2.45) is 0 Å². The van der Waals surface area contributed by atoms with Crippen LogP contribution in [0.4, 0.5) is 55.2 Å². The van der Waals surface area contributed by atoms with Gasteiger partial charge in [0.2, 0.25) is 0 Å². The van der Waals surface area contributed by atoms with Crippen LogP contribution < -0.4 is 21.3 Å². The van der Waals surface area contributed by atoms with Gasteiger partial charge in [0.1, 0.15) is 29.1 Å². The van der Waals surface area contributed by atoms with Crippen molar-refractivity contribution in [3.63, 3.8) is 0 Å². The van der Waals surface area contributed by atoms with Crippen LogP contribution in [0, 0.1) is 63.9 Å². The van der Waals surface area contributed by atoms with E-state index in [1.54, 1.807) is 35.2 Å². The first kappa shape index (κ1) is 92.1. The third-order valence-electron chi connectivity index (χ3n) is 8.74. The standard InChI is InChI=1S/C18H16F2N2O2.C12H12FNO2.C9H8FNO4.C9H10FNO2.10K/c1-3-10-22(12-13-4-6-14(19)7-5-13)15-8-9-16(20)17(11-15)21-18(23)24-2;1-3-6-14-10-4-5-11(13)9(7-10)8-12(15)16-2;1-15-9(12)5-6-4-7(11(13)14)2-3-8(6)10;1-13-9(12)5-6-4-7(11)2-3-8(6)10;;;;;;;;;;/h1,4-9,11H,10,12H2,2H3,(H,21,23);1,4-5,7,14H,6,8H2,2H3;2-4H,5H2,1H3;2-4H,5,11H2,1H3;;;;;;;;;;. The van der Waals surface area contributed by atoms with Crippen LogP contribution in [0.5, 0.6) is 0 Å². The Bertz CT molecular complexity index is 2650. The van der Waals surface area contributed by atoms with Gasteiger partial charge in [-0.15, -0.1) is 12.8 Å². The van der Waals surface area contributed by atoms with E-state index in [9.17, 15) is 51.2 Å². The number of nitro benzene ring substituents is 1. The van der Waals surface area contributed by atoms with Gasteiger partial charge in [-0.05, 0) is 78.4 Å². The van der Waals surface area contributed by atoms with E-state index in [4.69, 9.17) is 18.6 Å². The summed E-state index contributed by atoms with van der Waals surface area (Å²) in [6, 6.07) is 21.8. The van der Waals surface area contributed by atoms with Crippen LogP contribution in [0.15, 0.2) is 97.1 Å². The number of ether oxygens (including phenoxy) is 4. The number of hydrogen-bond acceptors (Lipinski definition) is 13. The summed E-state index contributed by atoms with van der Waals surface area (Å²) in [7, 11) is 4.88. The number of non-ortho nitro benzene ring substituents is 1. The fraction of sp³-hybridized carbons (Fsp3) is 0.208. The number of nitrogens with one attached hydrogen (secondary N) is 2. The molecule has 5 aromatic rings.